The Bertz CT molecular complexity index is 212. The fraction of sp³-hybridized carbons (Fsp3) is 0.429. The lowest BCUT2D eigenvalue weighted by Gasteiger charge is -1.96. The smallest absolute Gasteiger partial charge is 0.0387 e. The highest BCUT2D eigenvalue weighted by Gasteiger charge is 1.95. The molecule has 0 aliphatic carbocycles. The number of rotatable bonds is 4. The Morgan fingerprint density at radius 3 is 3.00 bits per heavy atom. The van der Waals surface area contributed by atoms with Crippen molar-refractivity contribution in [2.45, 2.75) is 6.42 Å². The number of hydrogen-bond donors (Lipinski definition) is 2. The van der Waals surface area contributed by atoms with Gasteiger partial charge in [0.15, 0.2) is 0 Å². The molecule has 0 amide bonds. The molecule has 1 aromatic rings. The van der Waals surface area contributed by atoms with Gasteiger partial charge in [0.2, 0.25) is 0 Å². The summed E-state index contributed by atoms with van der Waals surface area (Å²) < 4.78 is 1.18. The lowest BCUT2D eigenvalue weighted by Crippen LogP contribution is -2.14. The highest BCUT2D eigenvalue weighted by Crippen LogP contribution is 2.19. The molecule has 0 fully saturated rings. The fourth-order valence-corrected chi connectivity index (χ4v) is 2.39. The van der Waals surface area contributed by atoms with E-state index in [-0.39, 0.29) is 0 Å². The van der Waals surface area contributed by atoms with Crippen LogP contribution in [-0.4, -0.2) is 12.4 Å². The third kappa shape index (κ3) is 3.60. The van der Waals surface area contributed by atoms with E-state index in [9.17, 15) is 0 Å². The molecule has 1 heterocycles. The molecular formula is C7H10BrNS2. The Kier molecular flexibility index (Phi) is 4.52. The topological polar surface area (TPSA) is 12.0 Å². The van der Waals surface area contributed by atoms with Crippen molar-refractivity contribution in [1.82, 2.24) is 5.32 Å². The van der Waals surface area contributed by atoms with Crippen LogP contribution in [0.5, 0.6) is 0 Å². The molecule has 4 heteroatoms. The van der Waals surface area contributed by atoms with Gasteiger partial charge in [-0.25, -0.2) is 0 Å². The van der Waals surface area contributed by atoms with Gasteiger partial charge in [0.05, 0.1) is 0 Å². The molecule has 0 aliphatic heterocycles. The van der Waals surface area contributed by atoms with Gasteiger partial charge in [-0.15, -0.1) is 11.3 Å². The quantitative estimate of drug-likeness (QED) is 0.476. The molecule has 0 saturated heterocycles. The average molecular weight is 252 g/mol. The first-order valence-electron chi connectivity index (χ1n) is 3.37. The second kappa shape index (κ2) is 5.19. The van der Waals surface area contributed by atoms with Gasteiger partial charge in [0.25, 0.3) is 0 Å². The predicted octanol–water partition coefficient (Wildman–Crippen LogP) is 2.53. The maximum atomic E-state index is 4.06. The maximum absolute atomic E-state index is 4.06. The van der Waals surface area contributed by atoms with Crippen molar-refractivity contribution in [3.05, 3.63) is 20.8 Å². The van der Waals surface area contributed by atoms with Crippen molar-refractivity contribution in [3.63, 3.8) is 0 Å². The summed E-state index contributed by atoms with van der Waals surface area (Å²) in [6, 6.07) is 2.16. The zero-order chi connectivity index (χ0) is 8.10. The van der Waals surface area contributed by atoms with Crippen molar-refractivity contribution in [2.24, 2.45) is 0 Å². The van der Waals surface area contributed by atoms with E-state index in [0.29, 0.717) is 0 Å². The molecular weight excluding hydrogens is 242 g/mol. The van der Waals surface area contributed by atoms with Crippen LogP contribution in [0.3, 0.4) is 0 Å². The van der Waals surface area contributed by atoms with Gasteiger partial charge < -0.3 is 5.32 Å². The van der Waals surface area contributed by atoms with Crippen LogP contribution < -0.4 is 5.32 Å². The van der Waals surface area contributed by atoms with E-state index in [1.54, 1.807) is 11.3 Å². The number of thiol groups is 1. The molecule has 1 aromatic heterocycles. The molecule has 0 radical (unpaired) electrons. The van der Waals surface area contributed by atoms with Crippen LogP contribution in [0.4, 0.5) is 0 Å². The first kappa shape index (κ1) is 9.58. The van der Waals surface area contributed by atoms with E-state index in [1.165, 1.54) is 9.35 Å². The number of nitrogens with one attached hydrogen (secondary N) is 1. The third-order valence-corrected chi connectivity index (χ3v) is 3.26. The summed E-state index contributed by atoms with van der Waals surface area (Å²) in [4.78, 5) is 1.41. The third-order valence-electron chi connectivity index (χ3n) is 1.28. The average Bonchev–Trinajstić information content (AvgIpc) is 2.37. The van der Waals surface area contributed by atoms with Gasteiger partial charge in [-0.1, -0.05) is 0 Å². The molecule has 0 saturated carbocycles. The normalized spacial score (nSPS) is 10.4. The van der Waals surface area contributed by atoms with Gasteiger partial charge in [-0.3, -0.25) is 0 Å². The van der Waals surface area contributed by atoms with Gasteiger partial charge in [0, 0.05) is 27.2 Å². The summed E-state index contributed by atoms with van der Waals surface area (Å²) in [5, 5.41) is 5.27. The Balaban J connectivity index is 2.27. The van der Waals surface area contributed by atoms with Crippen molar-refractivity contribution in [2.75, 3.05) is 12.4 Å². The zero-order valence-corrected chi connectivity index (χ0v) is 9.31. The summed E-state index contributed by atoms with van der Waals surface area (Å²) in [5.74, 6) is 0.756. The van der Waals surface area contributed by atoms with Crippen molar-refractivity contribution < 1.29 is 0 Å². The van der Waals surface area contributed by atoms with Crippen LogP contribution >= 0.6 is 39.9 Å². The SMILES string of the molecule is SCNCCc1cc(Br)cs1. The second-order valence-corrected chi connectivity index (χ2v) is 4.37. The van der Waals surface area contributed by atoms with Gasteiger partial charge >= 0.3 is 0 Å². The summed E-state index contributed by atoms with van der Waals surface area (Å²) in [7, 11) is 0. The van der Waals surface area contributed by atoms with Crippen LogP contribution in [0.25, 0.3) is 0 Å². The molecule has 1 N–H and O–H groups in total. The molecule has 0 aliphatic rings. The predicted molar refractivity (Wildman–Crippen MR) is 57.6 cm³/mol. The highest BCUT2D eigenvalue weighted by atomic mass is 79.9. The van der Waals surface area contributed by atoms with Crippen LogP contribution in [0.2, 0.25) is 0 Å². The lowest BCUT2D eigenvalue weighted by molar-refractivity contribution is 0.783. The molecule has 1 rings (SSSR count). The largest absolute Gasteiger partial charge is 0.308 e. The van der Waals surface area contributed by atoms with E-state index >= 15 is 0 Å². The maximum Gasteiger partial charge on any atom is 0.0387 e. The van der Waals surface area contributed by atoms with Crippen LogP contribution in [0.1, 0.15) is 4.88 Å². The molecule has 0 aromatic carbocycles. The monoisotopic (exact) mass is 251 g/mol. The van der Waals surface area contributed by atoms with Crippen molar-refractivity contribution >= 4 is 39.9 Å². The molecule has 11 heavy (non-hydrogen) atoms. The van der Waals surface area contributed by atoms with Gasteiger partial charge in [-0.05, 0) is 28.4 Å². The molecule has 62 valence electrons. The van der Waals surface area contributed by atoms with Crippen LogP contribution in [0.15, 0.2) is 15.9 Å². The van der Waals surface area contributed by atoms with E-state index in [0.717, 1.165) is 18.8 Å². The number of hydrogen-bond acceptors (Lipinski definition) is 3. The first-order valence-corrected chi connectivity index (χ1v) is 5.68. The molecule has 1 nitrogen and oxygen atoms in total. The molecule has 0 atom stereocenters. The van der Waals surface area contributed by atoms with Crippen LogP contribution in [-0.2, 0) is 6.42 Å². The number of thiophene rings is 1. The van der Waals surface area contributed by atoms with Gasteiger partial charge in [0.1, 0.15) is 0 Å². The second-order valence-electron chi connectivity index (χ2n) is 2.14. The van der Waals surface area contributed by atoms with Gasteiger partial charge in [-0.2, -0.15) is 12.6 Å². The zero-order valence-electron chi connectivity index (χ0n) is 6.01. The Labute approximate surface area is 84.7 Å². The Morgan fingerprint density at radius 1 is 1.64 bits per heavy atom. The van der Waals surface area contributed by atoms with E-state index in [4.69, 9.17) is 0 Å². The Hall–Kier alpha value is 0.490. The fourth-order valence-electron chi connectivity index (χ4n) is 0.776. The first-order chi connectivity index (χ1) is 5.33. The van der Waals surface area contributed by atoms with Crippen LogP contribution in [0, 0.1) is 0 Å². The van der Waals surface area contributed by atoms with E-state index in [1.807, 2.05) is 0 Å². The molecule has 0 spiro atoms. The van der Waals surface area contributed by atoms with Crippen molar-refractivity contribution in [1.29, 1.82) is 0 Å². The molecule has 0 unspecified atom stereocenters. The minimum atomic E-state index is 0.756. The van der Waals surface area contributed by atoms with Crippen molar-refractivity contribution in [3.8, 4) is 0 Å². The summed E-state index contributed by atoms with van der Waals surface area (Å²) >= 11 is 9.26. The summed E-state index contributed by atoms with van der Waals surface area (Å²) in [6.07, 6.45) is 1.09. The standard InChI is InChI=1S/C7H10BrNS2/c8-6-3-7(11-4-6)1-2-9-5-10/h3-4,9-10H,1-2,5H2. The van der Waals surface area contributed by atoms with E-state index < -0.39 is 0 Å². The highest BCUT2D eigenvalue weighted by molar-refractivity contribution is 9.10. The minimum absolute atomic E-state index is 0.756. The summed E-state index contributed by atoms with van der Waals surface area (Å²) in [6.45, 7) is 1.01. The Morgan fingerprint density at radius 2 is 2.45 bits per heavy atom. The minimum Gasteiger partial charge on any atom is -0.308 e. The summed E-state index contributed by atoms with van der Waals surface area (Å²) in [5.41, 5.74) is 0. The lowest BCUT2D eigenvalue weighted by atomic mass is 10.3. The molecule has 0 bridgehead atoms. The van der Waals surface area contributed by atoms with E-state index in [2.05, 4.69) is 45.3 Å². The number of halogens is 1.